The number of methoxy groups -OCH3 is 1. The number of carbonyl (C=O) groups is 2. The Kier molecular flexibility index (Phi) is 5.14. The summed E-state index contributed by atoms with van der Waals surface area (Å²) in [5.74, 6) is 0.412. The highest BCUT2D eigenvalue weighted by atomic mass is 32.1. The van der Waals surface area contributed by atoms with Gasteiger partial charge in [-0.25, -0.2) is 4.98 Å². The zero-order valence-electron chi connectivity index (χ0n) is 16.8. The third kappa shape index (κ3) is 3.54. The number of amides is 1. The lowest BCUT2D eigenvalue weighted by atomic mass is 10.1. The number of nitrogens with zero attached hydrogens (tertiary/aromatic N) is 3. The molecule has 1 aromatic carbocycles. The van der Waals surface area contributed by atoms with Crippen LogP contribution in [0, 0.1) is 6.92 Å². The van der Waals surface area contributed by atoms with Crippen LogP contribution in [0.1, 0.15) is 45.3 Å². The van der Waals surface area contributed by atoms with Crippen molar-refractivity contribution in [1.29, 1.82) is 0 Å². The number of ether oxygens (including phenoxy) is 2. The third-order valence-electron chi connectivity index (χ3n) is 5.05. The van der Waals surface area contributed by atoms with Crippen molar-refractivity contribution in [2.75, 3.05) is 20.2 Å². The van der Waals surface area contributed by atoms with Crippen molar-refractivity contribution in [3.63, 3.8) is 0 Å². The highest BCUT2D eigenvalue weighted by molar-refractivity contribution is 7.19. The van der Waals surface area contributed by atoms with Gasteiger partial charge in [-0.2, -0.15) is 0 Å². The number of aromatic nitrogens is 2. The predicted molar refractivity (Wildman–Crippen MR) is 110 cm³/mol. The van der Waals surface area contributed by atoms with Crippen LogP contribution in [0.4, 0.5) is 0 Å². The molecule has 0 saturated carbocycles. The summed E-state index contributed by atoms with van der Waals surface area (Å²) in [6.45, 7) is 6.90. The molecule has 1 fully saturated rings. The first-order valence-corrected chi connectivity index (χ1v) is 10.3. The van der Waals surface area contributed by atoms with Gasteiger partial charge in [-0.05, 0) is 32.9 Å². The minimum Gasteiger partial charge on any atom is -0.497 e. The molecule has 29 heavy (non-hydrogen) atoms. The minimum atomic E-state index is -0.162. The molecular weight excluding hydrogens is 390 g/mol. The normalized spacial score (nSPS) is 19.5. The predicted octanol–water partition coefficient (Wildman–Crippen LogP) is 3.19. The fourth-order valence-electron chi connectivity index (χ4n) is 3.76. The maximum absolute atomic E-state index is 13.2. The standard InChI is InChI=1S/C21H23N3O4S/c1-12-10-23(11-13(2)28-12)20(26)19-14(3)24-17(9-22-21(24)29-19)18(25)15-6-5-7-16(8-15)27-4/h5-9,12-13H,10-11H2,1-4H3/t12-,13-/m0/s1. The summed E-state index contributed by atoms with van der Waals surface area (Å²) in [7, 11) is 1.56. The highest BCUT2D eigenvalue weighted by Gasteiger charge is 2.30. The summed E-state index contributed by atoms with van der Waals surface area (Å²) in [6, 6.07) is 7.01. The van der Waals surface area contributed by atoms with Gasteiger partial charge < -0.3 is 14.4 Å². The zero-order chi connectivity index (χ0) is 20.7. The molecule has 1 amide bonds. The Labute approximate surface area is 172 Å². The average Bonchev–Trinajstić information content (AvgIpc) is 3.26. The number of morpholine rings is 1. The van der Waals surface area contributed by atoms with Crippen LogP contribution in [0.25, 0.3) is 4.96 Å². The maximum atomic E-state index is 13.2. The van der Waals surface area contributed by atoms with E-state index in [4.69, 9.17) is 9.47 Å². The molecule has 4 rings (SSSR count). The van der Waals surface area contributed by atoms with Crippen LogP contribution in [-0.4, -0.2) is 58.4 Å². The van der Waals surface area contributed by atoms with Crippen LogP contribution in [-0.2, 0) is 4.74 Å². The van der Waals surface area contributed by atoms with E-state index in [1.165, 1.54) is 11.3 Å². The van der Waals surface area contributed by atoms with Gasteiger partial charge in [0, 0.05) is 24.3 Å². The van der Waals surface area contributed by atoms with Crippen molar-refractivity contribution >= 4 is 28.0 Å². The Morgan fingerprint density at radius 2 is 1.97 bits per heavy atom. The number of fused-ring (bicyclic) bond motifs is 1. The lowest BCUT2D eigenvalue weighted by Gasteiger charge is -2.35. The van der Waals surface area contributed by atoms with Crippen molar-refractivity contribution in [1.82, 2.24) is 14.3 Å². The molecular formula is C21H23N3O4S. The van der Waals surface area contributed by atoms with Gasteiger partial charge in [0.15, 0.2) is 4.96 Å². The fraction of sp³-hybridized carbons (Fsp3) is 0.381. The van der Waals surface area contributed by atoms with Gasteiger partial charge in [-0.15, -0.1) is 0 Å². The molecule has 0 spiro atoms. The van der Waals surface area contributed by atoms with Crippen LogP contribution in [0.2, 0.25) is 0 Å². The topological polar surface area (TPSA) is 73.1 Å². The molecule has 3 heterocycles. The number of carbonyl (C=O) groups excluding carboxylic acids is 2. The number of imidazole rings is 1. The number of ketones is 1. The smallest absolute Gasteiger partial charge is 0.266 e. The lowest BCUT2D eigenvalue weighted by Crippen LogP contribution is -2.48. The van der Waals surface area contributed by atoms with Gasteiger partial charge in [0.05, 0.1) is 25.5 Å². The molecule has 1 aliphatic rings. The summed E-state index contributed by atoms with van der Waals surface area (Å²) in [5.41, 5.74) is 1.68. The van der Waals surface area contributed by atoms with Gasteiger partial charge >= 0.3 is 0 Å². The summed E-state index contributed by atoms with van der Waals surface area (Å²) in [6.07, 6.45) is 1.56. The third-order valence-corrected chi connectivity index (χ3v) is 6.20. The van der Waals surface area contributed by atoms with Crippen molar-refractivity contribution in [2.45, 2.75) is 33.0 Å². The Morgan fingerprint density at radius 3 is 2.66 bits per heavy atom. The van der Waals surface area contributed by atoms with Gasteiger partial charge in [0.1, 0.15) is 16.3 Å². The van der Waals surface area contributed by atoms with Crippen LogP contribution >= 0.6 is 11.3 Å². The Balaban J connectivity index is 1.69. The molecule has 1 aliphatic heterocycles. The maximum Gasteiger partial charge on any atom is 0.266 e. The lowest BCUT2D eigenvalue weighted by molar-refractivity contribution is -0.0585. The molecule has 0 radical (unpaired) electrons. The molecule has 152 valence electrons. The second-order valence-corrected chi connectivity index (χ2v) is 8.28. The molecule has 0 N–H and O–H groups in total. The van der Waals surface area contributed by atoms with Crippen LogP contribution in [0.5, 0.6) is 5.75 Å². The average molecular weight is 413 g/mol. The van der Waals surface area contributed by atoms with Crippen molar-refractivity contribution in [2.24, 2.45) is 0 Å². The number of thiazole rings is 1. The van der Waals surface area contributed by atoms with E-state index in [2.05, 4.69) is 4.98 Å². The molecule has 2 atom stereocenters. The number of rotatable bonds is 4. The van der Waals surface area contributed by atoms with E-state index in [0.717, 1.165) is 5.69 Å². The molecule has 1 saturated heterocycles. The van der Waals surface area contributed by atoms with E-state index in [-0.39, 0.29) is 23.9 Å². The first-order chi connectivity index (χ1) is 13.9. The van der Waals surface area contributed by atoms with Gasteiger partial charge in [-0.3, -0.25) is 14.0 Å². The van der Waals surface area contributed by atoms with E-state index < -0.39 is 0 Å². The number of hydrogen-bond donors (Lipinski definition) is 0. The zero-order valence-corrected chi connectivity index (χ0v) is 17.7. The summed E-state index contributed by atoms with van der Waals surface area (Å²) >= 11 is 1.31. The Morgan fingerprint density at radius 1 is 1.24 bits per heavy atom. The summed E-state index contributed by atoms with van der Waals surface area (Å²) in [5, 5.41) is 0. The number of aryl methyl sites for hydroxylation is 1. The van der Waals surface area contributed by atoms with Crippen molar-refractivity contribution in [3.05, 3.63) is 52.3 Å². The highest BCUT2D eigenvalue weighted by Crippen LogP contribution is 2.28. The second kappa shape index (κ2) is 7.61. The molecule has 8 heteroatoms. The summed E-state index contributed by atoms with van der Waals surface area (Å²) < 4.78 is 12.7. The first kappa shape index (κ1) is 19.6. The molecule has 0 unspecified atom stereocenters. The van der Waals surface area contributed by atoms with E-state index in [9.17, 15) is 9.59 Å². The van der Waals surface area contributed by atoms with Gasteiger partial charge in [0.2, 0.25) is 5.78 Å². The first-order valence-electron chi connectivity index (χ1n) is 9.49. The van der Waals surface area contributed by atoms with Gasteiger partial charge in [-0.1, -0.05) is 23.5 Å². The number of hydrogen-bond acceptors (Lipinski definition) is 6. The van der Waals surface area contributed by atoms with Crippen LogP contribution < -0.4 is 4.74 Å². The SMILES string of the molecule is COc1cccc(C(=O)c2cnc3sc(C(=O)N4C[C@H](C)O[C@@H](C)C4)c(C)n23)c1. The number of benzene rings is 1. The van der Waals surface area contributed by atoms with Gasteiger partial charge in [0.25, 0.3) is 5.91 Å². The van der Waals surface area contributed by atoms with E-state index in [0.29, 0.717) is 39.9 Å². The Hall–Kier alpha value is -2.71. The quantitative estimate of drug-likeness (QED) is 0.614. The molecule has 0 bridgehead atoms. The van der Waals surface area contributed by atoms with Crippen molar-refractivity contribution in [3.8, 4) is 5.75 Å². The largest absolute Gasteiger partial charge is 0.497 e. The van der Waals surface area contributed by atoms with E-state index in [1.807, 2.05) is 25.7 Å². The minimum absolute atomic E-state index is 0.00255. The monoisotopic (exact) mass is 413 g/mol. The molecule has 0 aliphatic carbocycles. The second-order valence-electron chi connectivity index (χ2n) is 7.31. The molecule has 7 nitrogen and oxygen atoms in total. The summed E-state index contributed by atoms with van der Waals surface area (Å²) in [4.78, 5) is 33.7. The molecule has 2 aromatic heterocycles. The Bertz CT molecular complexity index is 1080. The fourth-order valence-corrected chi connectivity index (χ4v) is 4.83. The van der Waals surface area contributed by atoms with E-state index >= 15 is 0 Å². The van der Waals surface area contributed by atoms with Crippen LogP contribution in [0.3, 0.4) is 0 Å². The van der Waals surface area contributed by atoms with Crippen molar-refractivity contribution < 1.29 is 19.1 Å². The van der Waals surface area contributed by atoms with E-state index in [1.54, 1.807) is 42.0 Å². The molecule has 3 aromatic rings. The van der Waals surface area contributed by atoms with Crippen LogP contribution in [0.15, 0.2) is 30.5 Å².